The number of rotatable bonds is 2. The van der Waals surface area contributed by atoms with Crippen LogP contribution in [-0.2, 0) is 6.18 Å². The Balaban J connectivity index is 2.35. The van der Waals surface area contributed by atoms with Gasteiger partial charge in [-0.1, -0.05) is 34.8 Å². The zero-order valence-corrected chi connectivity index (χ0v) is 12.3. The van der Waals surface area contributed by atoms with Crippen molar-refractivity contribution in [2.75, 3.05) is 5.73 Å². The number of nitrogens with two attached hydrogens (primary N) is 1. The highest BCUT2D eigenvalue weighted by atomic mass is 35.5. The summed E-state index contributed by atoms with van der Waals surface area (Å²) in [6.45, 7) is 0. The van der Waals surface area contributed by atoms with E-state index in [1.54, 1.807) is 0 Å². The van der Waals surface area contributed by atoms with Crippen molar-refractivity contribution >= 4 is 40.5 Å². The van der Waals surface area contributed by atoms with Crippen molar-refractivity contribution in [1.29, 1.82) is 0 Å². The molecule has 0 spiro atoms. The average Bonchev–Trinajstić information content (AvgIpc) is 2.36. The second kappa shape index (κ2) is 5.79. The fourth-order valence-electron chi connectivity index (χ4n) is 1.38. The van der Waals surface area contributed by atoms with Gasteiger partial charge in [-0.2, -0.15) is 13.2 Å². The number of benzene rings is 1. The highest BCUT2D eigenvalue weighted by molar-refractivity contribution is 6.36. The molecule has 1 heterocycles. The largest absolute Gasteiger partial charge is 0.436 e. The van der Waals surface area contributed by atoms with E-state index in [-0.39, 0.29) is 32.4 Å². The molecule has 1 aromatic carbocycles. The molecule has 2 N–H and O–H groups in total. The molecular formula is C12H6Cl3F3N2O. The molecule has 0 bridgehead atoms. The molecule has 0 aliphatic heterocycles. The van der Waals surface area contributed by atoms with E-state index in [2.05, 4.69) is 4.98 Å². The fraction of sp³-hybridized carbons (Fsp3) is 0.0833. The summed E-state index contributed by atoms with van der Waals surface area (Å²) in [5.74, 6) is -0.155. The van der Waals surface area contributed by atoms with Crippen molar-refractivity contribution in [3.8, 4) is 11.6 Å². The SMILES string of the molecule is Nc1cc(Cl)c(Oc2ncc(C(F)(F)F)cc2Cl)cc1Cl. The molecule has 0 amide bonds. The third kappa shape index (κ3) is 3.64. The Hall–Kier alpha value is -1.37. The molecule has 0 fully saturated rings. The van der Waals surface area contributed by atoms with Crippen LogP contribution >= 0.6 is 34.8 Å². The van der Waals surface area contributed by atoms with Crippen LogP contribution in [0.5, 0.6) is 11.6 Å². The lowest BCUT2D eigenvalue weighted by atomic mass is 10.3. The first-order valence-electron chi connectivity index (χ1n) is 5.33. The monoisotopic (exact) mass is 356 g/mol. The summed E-state index contributed by atoms with van der Waals surface area (Å²) in [5, 5.41) is -0.0130. The van der Waals surface area contributed by atoms with E-state index in [0.29, 0.717) is 12.3 Å². The summed E-state index contributed by atoms with van der Waals surface area (Å²) in [7, 11) is 0. The molecule has 1 aromatic heterocycles. The van der Waals surface area contributed by atoms with E-state index in [4.69, 9.17) is 45.3 Å². The van der Waals surface area contributed by atoms with Gasteiger partial charge in [0.25, 0.3) is 0 Å². The molecule has 9 heteroatoms. The van der Waals surface area contributed by atoms with Crippen LogP contribution < -0.4 is 10.5 Å². The zero-order chi connectivity index (χ0) is 15.8. The minimum atomic E-state index is -4.54. The second-order valence-corrected chi connectivity index (χ2v) is 5.14. The lowest BCUT2D eigenvalue weighted by Crippen LogP contribution is -2.05. The van der Waals surface area contributed by atoms with Gasteiger partial charge in [0.05, 0.1) is 21.3 Å². The van der Waals surface area contributed by atoms with Gasteiger partial charge in [0.2, 0.25) is 5.88 Å². The first-order chi connectivity index (χ1) is 9.68. The molecule has 2 rings (SSSR count). The number of halogens is 6. The number of ether oxygens (including phenoxy) is 1. The predicted molar refractivity (Wildman–Crippen MR) is 75.2 cm³/mol. The third-order valence-electron chi connectivity index (χ3n) is 2.39. The fourth-order valence-corrected chi connectivity index (χ4v) is 1.95. The van der Waals surface area contributed by atoms with Crippen LogP contribution in [0.25, 0.3) is 0 Å². The van der Waals surface area contributed by atoms with Crippen LogP contribution in [0.2, 0.25) is 15.1 Å². The van der Waals surface area contributed by atoms with Crippen LogP contribution in [-0.4, -0.2) is 4.98 Å². The van der Waals surface area contributed by atoms with Gasteiger partial charge in [-0.3, -0.25) is 0 Å². The molecule has 0 aliphatic rings. The number of hydrogen-bond donors (Lipinski definition) is 1. The van der Waals surface area contributed by atoms with Crippen molar-refractivity contribution in [2.24, 2.45) is 0 Å². The minimum absolute atomic E-state index is 0.0741. The van der Waals surface area contributed by atoms with E-state index in [9.17, 15) is 13.2 Å². The van der Waals surface area contributed by atoms with E-state index in [0.717, 1.165) is 0 Å². The lowest BCUT2D eigenvalue weighted by Gasteiger charge is -2.11. The topological polar surface area (TPSA) is 48.1 Å². The number of aromatic nitrogens is 1. The molecule has 0 atom stereocenters. The van der Waals surface area contributed by atoms with Crippen molar-refractivity contribution in [1.82, 2.24) is 4.98 Å². The highest BCUT2D eigenvalue weighted by Gasteiger charge is 2.31. The zero-order valence-electron chi connectivity index (χ0n) is 10.0. The summed E-state index contributed by atoms with van der Waals surface area (Å²) in [6.07, 6.45) is -3.94. The van der Waals surface area contributed by atoms with Gasteiger partial charge >= 0.3 is 6.18 Å². The predicted octanol–water partition coefficient (Wildman–Crippen LogP) is 5.44. The standard InChI is InChI=1S/C12H6Cl3F3N2O/c13-6-3-10(7(14)2-9(6)19)21-11-8(15)1-5(4-20-11)12(16,17)18/h1-4H,19H2. The van der Waals surface area contributed by atoms with E-state index >= 15 is 0 Å². The maximum atomic E-state index is 12.5. The van der Waals surface area contributed by atoms with Gasteiger partial charge in [-0.15, -0.1) is 0 Å². The first kappa shape index (κ1) is 16.0. The summed E-state index contributed by atoms with van der Waals surface area (Å²) >= 11 is 17.4. The molecule has 2 aromatic rings. The van der Waals surface area contributed by atoms with Crippen LogP contribution in [0.4, 0.5) is 18.9 Å². The van der Waals surface area contributed by atoms with Crippen molar-refractivity contribution in [3.63, 3.8) is 0 Å². The number of hydrogen-bond acceptors (Lipinski definition) is 3. The number of nitrogens with zero attached hydrogens (tertiary/aromatic N) is 1. The Kier molecular flexibility index (Phi) is 4.41. The van der Waals surface area contributed by atoms with E-state index in [1.807, 2.05) is 0 Å². The molecule has 0 radical (unpaired) electrons. The van der Waals surface area contributed by atoms with Crippen molar-refractivity contribution in [3.05, 3.63) is 45.0 Å². The van der Waals surface area contributed by atoms with Gasteiger partial charge < -0.3 is 10.5 Å². The summed E-state index contributed by atoms with van der Waals surface area (Å²) in [4.78, 5) is 3.53. The maximum absolute atomic E-state index is 12.5. The Labute approximate surface area is 132 Å². The highest BCUT2D eigenvalue weighted by Crippen LogP contribution is 2.38. The van der Waals surface area contributed by atoms with Crippen LogP contribution in [0, 0.1) is 0 Å². The Morgan fingerprint density at radius 1 is 1.00 bits per heavy atom. The van der Waals surface area contributed by atoms with Crippen LogP contribution in [0.1, 0.15) is 5.56 Å². The van der Waals surface area contributed by atoms with E-state index < -0.39 is 11.7 Å². The maximum Gasteiger partial charge on any atom is 0.417 e. The number of alkyl halides is 3. The van der Waals surface area contributed by atoms with Gasteiger partial charge in [0, 0.05) is 12.3 Å². The van der Waals surface area contributed by atoms with E-state index in [1.165, 1.54) is 12.1 Å². The number of anilines is 1. The lowest BCUT2D eigenvalue weighted by molar-refractivity contribution is -0.137. The van der Waals surface area contributed by atoms with Gasteiger partial charge in [-0.05, 0) is 12.1 Å². The average molecular weight is 358 g/mol. The molecule has 0 aliphatic carbocycles. The summed E-state index contributed by atoms with van der Waals surface area (Å²) < 4.78 is 42.7. The number of pyridine rings is 1. The second-order valence-electron chi connectivity index (χ2n) is 3.91. The Bertz CT molecular complexity index is 692. The molecule has 0 saturated heterocycles. The summed E-state index contributed by atoms with van der Waals surface area (Å²) in [6, 6.07) is 3.36. The quantitative estimate of drug-likeness (QED) is 0.729. The first-order valence-corrected chi connectivity index (χ1v) is 6.47. The molecule has 0 unspecified atom stereocenters. The third-order valence-corrected chi connectivity index (χ3v) is 3.29. The molecule has 21 heavy (non-hydrogen) atoms. The molecular weight excluding hydrogens is 351 g/mol. The molecule has 3 nitrogen and oxygen atoms in total. The normalized spacial score (nSPS) is 11.5. The Morgan fingerprint density at radius 3 is 2.24 bits per heavy atom. The van der Waals surface area contributed by atoms with Gasteiger partial charge in [0.15, 0.2) is 0 Å². The van der Waals surface area contributed by atoms with Crippen molar-refractivity contribution < 1.29 is 17.9 Å². The van der Waals surface area contributed by atoms with Crippen LogP contribution in [0.15, 0.2) is 24.4 Å². The number of nitrogen functional groups attached to an aromatic ring is 1. The van der Waals surface area contributed by atoms with Gasteiger partial charge in [-0.25, -0.2) is 4.98 Å². The van der Waals surface area contributed by atoms with Gasteiger partial charge in [0.1, 0.15) is 10.8 Å². The minimum Gasteiger partial charge on any atom is -0.436 e. The van der Waals surface area contributed by atoms with Crippen LogP contribution in [0.3, 0.4) is 0 Å². The molecule has 0 saturated carbocycles. The smallest absolute Gasteiger partial charge is 0.417 e. The van der Waals surface area contributed by atoms with Crippen molar-refractivity contribution in [2.45, 2.75) is 6.18 Å². The Morgan fingerprint density at radius 2 is 1.67 bits per heavy atom. The molecule has 112 valence electrons. The summed E-state index contributed by atoms with van der Waals surface area (Å²) in [5.41, 5.74) is 4.79.